The normalized spacial score (nSPS) is 19.4. The fourth-order valence-electron chi connectivity index (χ4n) is 3.43. The van der Waals surface area contributed by atoms with E-state index in [0.29, 0.717) is 12.1 Å². The molecule has 21 heavy (non-hydrogen) atoms. The minimum Gasteiger partial charge on any atom is -0.365 e. The molecule has 0 unspecified atom stereocenters. The first kappa shape index (κ1) is 14.2. The first-order valence-electron chi connectivity index (χ1n) is 8.15. The molecule has 2 aliphatic rings. The molecule has 1 saturated heterocycles. The Hall–Kier alpha value is -1.71. The lowest BCUT2D eigenvalue weighted by atomic mass is 10.1. The molecule has 0 aromatic heterocycles. The minimum absolute atomic E-state index is 0.127. The SMILES string of the molecule is CCN(c1ccccc1)C1CN(C(=O)NC2CCCC2)C1. The van der Waals surface area contributed by atoms with Gasteiger partial charge in [0.15, 0.2) is 0 Å². The number of nitrogens with one attached hydrogen (secondary N) is 1. The highest BCUT2D eigenvalue weighted by Gasteiger charge is 2.35. The summed E-state index contributed by atoms with van der Waals surface area (Å²) in [6.45, 7) is 4.82. The maximum atomic E-state index is 12.2. The zero-order valence-electron chi connectivity index (χ0n) is 12.8. The predicted octanol–water partition coefficient (Wildman–Crippen LogP) is 2.85. The highest BCUT2D eigenvalue weighted by molar-refractivity contribution is 5.76. The van der Waals surface area contributed by atoms with E-state index in [4.69, 9.17) is 0 Å². The van der Waals surface area contributed by atoms with Crippen LogP contribution in [-0.4, -0.2) is 42.6 Å². The number of anilines is 1. The number of carbonyl (C=O) groups excluding carboxylic acids is 1. The molecule has 2 fully saturated rings. The molecular formula is C17H25N3O. The zero-order valence-corrected chi connectivity index (χ0v) is 12.8. The molecule has 0 atom stereocenters. The number of amides is 2. The zero-order chi connectivity index (χ0) is 14.7. The van der Waals surface area contributed by atoms with E-state index in [1.807, 2.05) is 11.0 Å². The third-order valence-electron chi connectivity index (χ3n) is 4.70. The van der Waals surface area contributed by atoms with Crippen LogP contribution in [0, 0.1) is 0 Å². The van der Waals surface area contributed by atoms with E-state index < -0.39 is 0 Å². The van der Waals surface area contributed by atoms with Crippen molar-refractivity contribution in [2.24, 2.45) is 0 Å². The third kappa shape index (κ3) is 3.14. The summed E-state index contributed by atoms with van der Waals surface area (Å²) in [6, 6.07) is 11.5. The van der Waals surface area contributed by atoms with Gasteiger partial charge in [0.05, 0.1) is 6.04 Å². The Morgan fingerprint density at radius 1 is 1.24 bits per heavy atom. The van der Waals surface area contributed by atoms with Crippen molar-refractivity contribution in [2.45, 2.75) is 44.7 Å². The van der Waals surface area contributed by atoms with Crippen LogP contribution in [0.2, 0.25) is 0 Å². The number of carbonyl (C=O) groups is 1. The summed E-state index contributed by atoms with van der Waals surface area (Å²) in [5.74, 6) is 0. The largest absolute Gasteiger partial charge is 0.365 e. The Morgan fingerprint density at radius 3 is 2.52 bits per heavy atom. The summed E-state index contributed by atoms with van der Waals surface area (Å²) in [4.78, 5) is 16.5. The second-order valence-electron chi connectivity index (χ2n) is 6.11. The van der Waals surface area contributed by atoms with Gasteiger partial charge < -0.3 is 15.1 Å². The van der Waals surface area contributed by atoms with Gasteiger partial charge in [-0.3, -0.25) is 0 Å². The highest BCUT2D eigenvalue weighted by atomic mass is 16.2. The summed E-state index contributed by atoms with van der Waals surface area (Å²) < 4.78 is 0. The number of likely N-dealkylation sites (N-methyl/N-ethyl adjacent to an activating group) is 1. The van der Waals surface area contributed by atoms with Gasteiger partial charge in [0, 0.05) is 31.4 Å². The lowest BCUT2D eigenvalue weighted by Gasteiger charge is -2.46. The Bertz CT molecular complexity index is 464. The van der Waals surface area contributed by atoms with Crippen LogP contribution < -0.4 is 10.2 Å². The molecule has 1 aromatic carbocycles. The van der Waals surface area contributed by atoms with Crippen molar-refractivity contribution >= 4 is 11.7 Å². The van der Waals surface area contributed by atoms with E-state index in [1.165, 1.54) is 18.5 Å². The van der Waals surface area contributed by atoms with Gasteiger partial charge in [-0.2, -0.15) is 0 Å². The van der Waals surface area contributed by atoms with Crippen LogP contribution in [0.3, 0.4) is 0 Å². The number of hydrogen-bond donors (Lipinski definition) is 1. The van der Waals surface area contributed by atoms with E-state index in [2.05, 4.69) is 41.4 Å². The molecule has 1 N–H and O–H groups in total. The number of likely N-dealkylation sites (tertiary alicyclic amines) is 1. The lowest BCUT2D eigenvalue weighted by Crippen LogP contribution is -2.63. The van der Waals surface area contributed by atoms with Gasteiger partial charge in [-0.05, 0) is 31.9 Å². The first-order chi connectivity index (χ1) is 10.3. The van der Waals surface area contributed by atoms with Crippen molar-refractivity contribution in [3.63, 3.8) is 0 Å². The summed E-state index contributed by atoms with van der Waals surface area (Å²) in [5.41, 5.74) is 1.25. The van der Waals surface area contributed by atoms with E-state index >= 15 is 0 Å². The Morgan fingerprint density at radius 2 is 1.90 bits per heavy atom. The van der Waals surface area contributed by atoms with Crippen molar-refractivity contribution in [1.82, 2.24) is 10.2 Å². The van der Waals surface area contributed by atoms with E-state index in [-0.39, 0.29) is 6.03 Å². The van der Waals surface area contributed by atoms with Crippen LogP contribution in [0.4, 0.5) is 10.5 Å². The highest BCUT2D eigenvalue weighted by Crippen LogP contribution is 2.23. The topological polar surface area (TPSA) is 35.6 Å². The third-order valence-corrected chi connectivity index (χ3v) is 4.70. The van der Waals surface area contributed by atoms with Gasteiger partial charge in [0.25, 0.3) is 0 Å². The Balaban J connectivity index is 1.51. The van der Waals surface area contributed by atoms with Gasteiger partial charge >= 0.3 is 6.03 Å². The number of urea groups is 1. The molecule has 4 heteroatoms. The molecule has 1 heterocycles. The number of hydrogen-bond acceptors (Lipinski definition) is 2. The number of nitrogens with zero attached hydrogens (tertiary/aromatic N) is 2. The van der Waals surface area contributed by atoms with Crippen molar-refractivity contribution in [1.29, 1.82) is 0 Å². The lowest BCUT2D eigenvalue weighted by molar-refractivity contribution is 0.146. The molecule has 114 valence electrons. The molecule has 3 rings (SSSR count). The van der Waals surface area contributed by atoms with Crippen LogP contribution >= 0.6 is 0 Å². The van der Waals surface area contributed by atoms with Crippen molar-refractivity contribution in [3.8, 4) is 0 Å². The van der Waals surface area contributed by atoms with Crippen LogP contribution in [0.15, 0.2) is 30.3 Å². The molecule has 2 amide bonds. The molecule has 1 aliphatic carbocycles. The number of rotatable bonds is 4. The molecule has 0 bridgehead atoms. The second kappa shape index (κ2) is 6.37. The molecular weight excluding hydrogens is 262 g/mol. The van der Waals surface area contributed by atoms with Crippen LogP contribution in [0.25, 0.3) is 0 Å². The molecule has 0 radical (unpaired) electrons. The van der Waals surface area contributed by atoms with Crippen LogP contribution in [0.1, 0.15) is 32.6 Å². The molecule has 4 nitrogen and oxygen atoms in total. The van der Waals surface area contributed by atoms with Crippen LogP contribution in [-0.2, 0) is 0 Å². The Kier molecular flexibility index (Phi) is 4.32. The van der Waals surface area contributed by atoms with Gasteiger partial charge in [0.1, 0.15) is 0 Å². The van der Waals surface area contributed by atoms with Crippen LogP contribution in [0.5, 0.6) is 0 Å². The fraction of sp³-hybridized carbons (Fsp3) is 0.588. The van der Waals surface area contributed by atoms with E-state index in [9.17, 15) is 4.79 Å². The molecule has 0 spiro atoms. The number of benzene rings is 1. The summed E-state index contributed by atoms with van der Waals surface area (Å²) in [7, 11) is 0. The van der Waals surface area contributed by atoms with Gasteiger partial charge in [-0.1, -0.05) is 31.0 Å². The maximum Gasteiger partial charge on any atom is 0.317 e. The smallest absolute Gasteiger partial charge is 0.317 e. The van der Waals surface area contributed by atoms with Gasteiger partial charge in [-0.25, -0.2) is 4.79 Å². The average molecular weight is 287 g/mol. The molecule has 1 aliphatic heterocycles. The Labute approximate surface area is 127 Å². The fourth-order valence-corrected chi connectivity index (χ4v) is 3.43. The number of para-hydroxylation sites is 1. The summed E-state index contributed by atoms with van der Waals surface area (Å²) in [5, 5.41) is 3.17. The quantitative estimate of drug-likeness (QED) is 0.924. The van der Waals surface area contributed by atoms with E-state index in [1.54, 1.807) is 0 Å². The van der Waals surface area contributed by atoms with Crippen molar-refractivity contribution in [2.75, 3.05) is 24.5 Å². The standard InChI is InChI=1S/C17H25N3O/c1-2-20(15-10-4-3-5-11-15)16-12-19(13-16)17(21)18-14-8-6-7-9-14/h3-5,10-11,14,16H,2,6-9,12-13H2,1H3,(H,18,21). The molecule has 1 aromatic rings. The van der Waals surface area contributed by atoms with Gasteiger partial charge in [0.2, 0.25) is 0 Å². The maximum absolute atomic E-state index is 12.2. The van der Waals surface area contributed by atoms with Gasteiger partial charge in [-0.15, -0.1) is 0 Å². The van der Waals surface area contributed by atoms with E-state index in [0.717, 1.165) is 32.5 Å². The minimum atomic E-state index is 0.127. The van der Waals surface area contributed by atoms with Crippen molar-refractivity contribution in [3.05, 3.63) is 30.3 Å². The monoisotopic (exact) mass is 287 g/mol. The first-order valence-corrected chi connectivity index (χ1v) is 8.15. The average Bonchev–Trinajstić information content (AvgIpc) is 2.95. The summed E-state index contributed by atoms with van der Waals surface area (Å²) in [6.07, 6.45) is 4.80. The second-order valence-corrected chi connectivity index (χ2v) is 6.11. The van der Waals surface area contributed by atoms with Crippen molar-refractivity contribution < 1.29 is 4.79 Å². The predicted molar refractivity (Wildman–Crippen MR) is 85.6 cm³/mol. The molecule has 1 saturated carbocycles. The summed E-state index contributed by atoms with van der Waals surface area (Å²) >= 11 is 0.